The van der Waals surface area contributed by atoms with Crippen LogP contribution in [0.1, 0.15) is 22.3 Å². The van der Waals surface area contributed by atoms with Crippen LogP contribution in [0.4, 0.5) is 0 Å². The molecule has 0 amide bonds. The predicted octanol–water partition coefficient (Wildman–Crippen LogP) is 8.35. The third-order valence-electron chi connectivity index (χ3n) is 8.87. The van der Waals surface area contributed by atoms with Crippen molar-refractivity contribution in [2.75, 3.05) is 0 Å². The molecule has 204 valence electrons. The molecular weight excluding hydrogens is 557 g/mol. The Morgan fingerprint density at radius 2 is 1.07 bits per heavy atom. The molecule has 0 radical (unpaired) electrons. The third kappa shape index (κ3) is 3.84. The molecule has 1 aliphatic rings. The van der Waals surface area contributed by atoms with Crippen molar-refractivity contribution in [2.24, 2.45) is 0 Å². The molecule has 7 aromatic rings. The lowest BCUT2D eigenvalue weighted by atomic mass is 9.65. The van der Waals surface area contributed by atoms with E-state index in [0.717, 1.165) is 16.6 Å². The molecule has 1 aromatic heterocycles. The second-order valence-electron chi connectivity index (χ2n) is 11.1. The zero-order valence-corrected chi connectivity index (χ0v) is 25.2. The van der Waals surface area contributed by atoms with Crippen molar-refractivity contribution in [1.82, 2.24) is 4.98 Å². The molecule has 0 spiro atoms. The Bertz CT molecular complexity index is 2070. The molecule has 43 heavy (non-hydrogen) atoms. The summed E-state index contributed by atoms with van der Waals surface area (Å²) in [5, 5.41) is 6.02. The molecule has 3 heteroatoms. The SMILES string of the molecule is S=P1(c2cccc(-c3nccc4ccccc34)c2)c2ccccc2C(c2ccccc2)(c2ccccc2)c2ccccc21. The van der Waals surface area contributed by atoms with Gasteiger partial charge in [-0.3, -0.25) is 4.98 Å². The van der Waals surface area contributed by atoms with Crippen molar-refractivity contribution in [3.05, 3.63) is 192 Å². The molecule has 0 fully saturated rings. The fourth-order valence-corrected chi connectivity index (χ4v) is 11.5. The van der Waals surface area contributed by atoms with Gasteiger partial charge >= 0.3 is 0 Å². The highest BCUT2D eigenvalue weighted by Gasteiger charge is 2.48. The first-order chi connectivity index (χ1) is 21.2. The second-order valence-corrected chi connectivity index (χ2v) is 15.4. The lowest BCUT2D eigenvalue weighted by Gasteiger charge is -2.46. The number of pyridine rings is 1. The smallest absolute Gasteiger partial charge is 0.0780 e. The molecule has 0 bridgehead atoms. The summed E-state index contributed by atoms with van der Waals surface area (Å²) in [5.74, 6) is 0. The van der Waals surface area contributed by atoms with Crippen LogP contribution in [-0.2, 0) is 17.2 Å². The van der Waals surface area contributed by atoms with Gasteiger partial charge in [-0.05, 0) is 55.7 Å². The van der Waals surface area contributed by atoms with Crippen LogP contribution in [0.25, 0.3) is 22.0 Å². The minimum Gasteiger partial charge on any atom is -0.256 e. The van der Waals surface area contributed by atoms with Crippen molar-refractivity contribution in [3.8, 4) is 11.3 Å². The molecule has 0 atom stereocenters. The highest BCUT2D eigenvalue weighted by Crippen LogP contribution is 2.57. The van der Waals surface area contributed by atoms with Gasteiger partial charge in [-0.1, -0.05) is 163 Å². The van der Waals surface area contributed by atoms with Crippen LogP contribution in [0.3, 0.4) is 0 Å². The van der Waals surface area contributed by atoms with Crippen LogP contribution >= 0.6 is 6.04 Å². The lowest BCUT2D eigenvalue weighted by molar-refractivity contribution is 0.753. The molecule has 1 aliphatic heterocycles. The van der Waals surface area contributed by atoms with Gasteiger partial charge in [0.05, 0.1) is 11.1 Å². The lowest BCUT2D eigenvalue weighted by Crippen LogP contribution is -2.46. The number of aromatic nitrogens is 1. The van der Waals surface area contributed by atoms with Crippen molar-refractivity contribution < 1.29 is 0 Å². The van der Waals surface area contributed by atoms with Gasteiger partial charge in [-0.25, -0.2) is 0 Å². The Kier molecular flexibility index (Phi) is 6.22. The summed E-state index contributed by atoms with van der Waals surface area (Å²) < 4.78 is 0. The standard InChI is InChI=1S/C40H28NPS/c43-42(33-20-13-15-30(28-33)39-34-21-8-7-14-29(34)26-27-41-39)37-24-11-9-22-35(37)40(31-16-3-1-4-17-31,32-18-5-2-6-19-32)36-23-10-12-25-38(36)42/h1-28H. The summed E-state index contributed by atoms with van der Waals surface area (Å²) in [4.78, 5) is 4.86. The van der Waals surface area contributed by atoms with E-state index in [1.165, 1.54) is 43.6 Å². The summed E-state index contributed by atoms with van der Waals surface area (Å²) in [7, 11) is 0. The van der Waals surface area contributed by atoms with Gasteiger partial charge in [0.2, 0.25) is 0 Å². The van der Waals surface area contributed by atoms with Crippen LogP contribution in [0.2, 0.25) is 0 Å². The number of benzene rings is 6. The average Bonchev–Trinajstić information content (AvgIpc) is 3.09. The molecule has 0 unspecified atom stereocenters. The minimum atomic E-state index is -2.47. The molecule has 8 rings (SSSR count). The zero-order valence-electron chi connectivity index (χ0n) is 23.5. The zero-order chi connectivity index (χ0) is 28.9. The first-order valence-electron chi connectivity index (χ1n) is 14.6. The topological polar surface area (TPSA) is 12.9 Å². The molecule has 0 saturated carbocycles. The van der Waals surface area contributed by atoms with Crippen molar-refractivity contribution in [2.45, 2.75) is 5.41 Å². The predicted molar refractivity (Wildman–Crippen MR) is 185 cm³/mol. The molecular formula is C40H28NPS. The second kappa shape index (κ2) is 10.3. The van der Waals surface area contributed by atoms with E-state index in [1.807, 2.05) is 6.20 Å². The Labute approximate surface area is 257 Å². The van der Waals surface area contributed by atoms with E-state index in [-0.39, 0.29) is 0 Å². The van der Waals surface area contributed by atoms with Crippen molar-refractivity contribution in [1.29, 1.82) is 0 Å². The fraction of sp³-hybridized carbons (Fsp3) is 0.0250. The van der Waals surface area contributed by atoms with Gasteiger partial charge in [0, 0.05) is 23.2 Å². The fourth-order valence-electron chi connectivity index (χ4n) is 7.05. The summed E-state index contributed by atoms with van der Waals surface area (Å²) in [5.41, 5.74) is 6.62. The molecule has 0 N–H and O–H groups in total. The Hall–Kier alpha value is -4.62. The maximum atomic E-state index is 7.03. The van der Waals surface area contributed by atoms with E-state index in [9.17, 15) is 0 Å². The maximum Gasteiger partial charge on any atom is 0.0780 e. The third-order valence-corrected chi connectivity index (χ3v) is 13.8. The van der Waals surface area contributed by atoms with E-state index in [0.29, 0.717) is 0 Å². The van der Waals surface area contributed by atoms with Gasteiger partial charge in [-0.2, -0.15) is 0 Å². The van der Waals surface area contributed by atoms with Crippen LogP contribution in [0.15, 0.2) is 170 Å². The monoisotopic (exact) mass is 585 g/mol. The van der Waals surface area contributed by atoms with Crippen LogP contribution in [0, 0.1) is 0 Å². The first kappa shape index (κ1) is 26.0. The quantitative estimate of drug-likeness (QED) is 0.193. The van der Waals surface area contributed by atoms with Crippen LogP contribution in [-0.4, -0.2) is 4.98 Å². The normalized spacial score (nSPS) is 14.5. The van der Waals surface area contributed by atoms with Gasteiger partial charge in [0.15, 0.2) is 0 Å². The average molecular weight is 586 g/mol. The molecule has 0 aliphatic carbocycles. The Morgan fingerprint density at radius 3 is 1.72 bits per heavy atom. The molecule has 1 nitrogen and oxygen atoms in total. The Balaban J connectivity index is 1.45. The summed E-state index contributed by atoms with van der Waals surface area (Å²) >= 11 is 7.03. The number of hydrogen-bond acceptors (Lipinski definition) is 2. The highest BCUT2D eigenvalue weighted by atomic mass is 32.4. The largest absolute Gasteiger partial charge is 0.256 e. The van der Waals surface area contributed by atoms with Gasteiger partial charge in [0.25, 0.3) is 0 Å². The number of nitrogens with zero attached hydrogens (tertiary/aromatic N) is 1. The van der Waals surface area contributed by atoms with E-state index in [4.69, 9.17) is 16.8 Å². The number of rotatable bonds is 4. The van der Waals surface area contributed by atoms with Crippen LogP contribution < -0.4 is 15.9 Å². The molecule has 6 aromatic carbocycles. The first-order valence-corrected chi connectivity index (χ1v) is 17.4. The van der Waals surface area contributed by atoms with E-state index < -0.39 is 11.5 Å². The Morgan fingerprint density at radius 1 is 0.512 bits per heavy atom. The number of fused-ring (bicyclic) bond motifs is 3. The molecule has 0 saturated heterocycles. The van der Waals surface area contributed by atoms with Crippen molar-refractivity contribution in [3.63, 3.8) is 0 Å². The van der Waals surface area contributed by atoms with E-state index >= 15 is 0 Å². The summed E-state index contributed by atoms with van der Waals surface area (Å²) in [6, 6.07) is 56.6. The van der Waals surface area contributed by atoms with Crippen LogP contribution in [0.5, 0.6) is 0 Å². The van der Waals surface area contributed by atoms with Gasteiger partial charge < -0.3 is 0 Å². The molecule has 2 heterocycles. The van der Waals surface area contributed by atoms with Gasteiger partial charge in [0.1, 0.15) is 0 Å². The van der Waals surface area contributed by atoms with E-state index in [1.54, 1.807) is 0 Å². The number of hydrogen-bond donors (Lipinski definition) is 0. The summed E-state index contributed by atoms with van der Waals surface area (Å²) in [6.07, 6.45) is 1.90. The van der Waals surface area contributed by atoms with Crippen molar-refractivity contribution >= 4 is 44.5 Å². The van der Waals surface area contributed by atoms with E-state index in [2.05, 4.69) is 164 Å². The summed E-state index contributed by atoms with van der Waals surface area (Å²) in [6.45, 7) is 0. The van der Waals surface area contributed by atoms with Gasteiger partial charge in [-0.15, -0.1) is 0 Å². The minimum absolute atomic E-state index is 0.493. The maximum absolute atomic E-state index is 7.03. The highest BCUT2D eigenvalue weighted by molar-refractivity contribution is 8.25.